The van der Waals surface area contributed by atoms with Gasteiger partial charge in [-0.2, -0.15) is 0 Å². The van der Waals surface area contributed by atoms with Gasteiger partial charge in [0, 0.05) is 48.8 Å². The highest BCUT2D eigenvalue weighted by molar-refractivity contribution is 6.30. The van der Waals surface area contributed by atoms with Crippen molar-refractivity contribution in [3.8, 4) is 11.8 Å². The molecule has 8 heteroatoms. The maximum Gasteiger partial charge on any atom is 0.255 e. The minimum atomic E-state index is -0.378. The summed E-state index contributed by atoms with van der Waals surface area (Å²) in [6, 6.07) is 9.60. The Hall–Kier alpha value is -2.75. The van der Waals surface area contributed by atoms with Crippen LogP contribution < -0.4 is 16.0 Å². The number of aromatic nitrogens is 1. The number of carbonyl (C=O) groups is 2. The molecular weight excluding hydrogens is 447 g/mol. The van der Waals surface area contributed by atoms with E-state index in [1.807, 2.05) is 30.3 Å². The molecule has 4 rings (SSSR count). The quantitative estimate of drug-likeness (QED) is 0.536. The third kappa shape index (κ3) is 5.73. The van der Waals surface area contributed by atoms with E-state index < -0.39 is 0 Å². The lowest BCUT2D eigenvalue weighted by molar-refractivity contribution is -0.119. The first kappa shape index (κ1) is 23.9. The second kappa shape index (κ2) is 10.2. The number of pyridine rings is 1. The number of carbonyl (C=O) groups excluding carboxylic acids is 2. The molecule has 0 unspecified atom stereocenters. The van der Waals surface area contributed by atoms with Crippen molar-refractivity contribution in [2.75, 3.05) is 11.9 Å². The summed E-state index contributed by atoms with van der Waals surface area (Å²) in [6.45, 7) is 2.03. The lowest BCUT2D eigenvalue weighted by Gasteiger charge is -2.37. The number of benzene rings is 1. The molecule has 2 atom stereocenters. The summed E-state index contributed by atoms with van der Waals surface area (Å²) in [5, 5.41) is 10.1. The summed E-state index contributed by atoms with van der Waals surface area (Å²) in [6.07, 6.45) is 6.56. The third-order valence-electron chi connectivity index (χ3n) is 5.71. The number of hydrogen-bond donors (Lipinski definition) is 3. The summed E-state index contributed by atoms with van der Waals surface area (Å²) in [5.74, 6) is 6.12. The molecule has 6 nitrogen and oxygen atoms in total. The Morgan fingerprint density at radius 2 is 2.06 bits per heavy atom. The molecule has 2 aromatic rings. The van der Waals surface area contributed by atoms with E-state index in [1.54, 1.807) is 12.4 Å². The molecule has 0 spiro atoms. The van der Waals surface area contributed by atoms with Gasteiger partial charge in [0.2, 0.25) is 5.91 Å². The van der Waals surface area contributed by atoms with Crippen LogP contribution in [0.1, 0.15) is 48.5 Å². The van der Waals surface area contributed by atoms with Gasteiger partial charge in [-0.3, -0.25) is 14.6 Å². The molecule has 0 radical (unpaired) electrons. The van der Waals surface area contributed by atoms with Crippen LogP contribution in [-0.2, 0) is 10.2 Å². The number of amides is 2. The van der Waals surface area contributed by atoms with E-state index in [0.29, 0.717) is 30.0 Å². The van der Waals surface area contributed by atoms with Crippen LogP contribution in [0.25, 0.3) is 0 Å². The van der Waals surface area contributed by atoms with Gasteiger partial charge >= 0.3 is 0 Å². The fraction of sp³-hybridized carbons (Fsp3) is 0.375. The van der Waals surface area contributed by atoms with Gasteiger partial charge in [-0.15, -0.1) is 18.3 Å². The molecule has 168 valence electrons. The maximum atomic E-state index is 12.7. The van der Waals surface area contributed by atoms with Crippen LogP contribution in [0, 0.1) is 11.8 Å². The summed E-state index contributed by atoms with van der Waals surface area (Å²) >= 11 is 6.30. The molecule has 2 amide bonds. The molecule has 0 saturated heterocycles. The van der Waals surface area contributed by atoms with Gasteiger partial charge in [0.1, 0.15) is 0 Å². The van der Waals surface area contributed by atoms with Crippen LogP contribution in [-0.4, -0.2) is 35.4 Å². The van der Waals surface area contributed by atoms with Crippen molar-refractivity contribution >= 4 is 41.5 Å². The summed E-state index contributed by atoms with van der Waals surface area (Å²) < 4.78 is 0. The topological polar surface area (TPSA) is 83.1 Å². The van der Waals surface area contributed by atoms with Crippen LogP contribution in [0.5, 0.6) is 0 Å². The number of nitrogens with one attached hydrogen (secondary N) is 3. The standard InChI is InChI=1S/C24H25ClN4O2.ClH/c1-16(30)28-20-6-3-10-24(13-20,17-4-2-5-18(25)12-17)15-27-22-9-11-26-14-21(22)23(31)29-19-7-8-19;/h2,4-5,9,11-12,14,19-20H,7-8,10,13,15H2,1H3,(H,26,27)(H,28,30)(H,29,31);1H/t20-,24+;/m1./s1. The number of rotatable bonds is 7. The minimum absolute atomic E-state index is 0. The highest BCUT2D eigenvalue weighted by Crippen LogP contribution is 2.37. The van der Waals surface area contributed by atoms with E-state index in [0.717, 1.165) is 24.1 Å². The molecule has 0 aliphatic heterocycles. The van der Waals surface area contributed by atoms with E-state index in [2.05, 4.69) is 32.8 Å². The van der Waals surface area contributed by atoms with Crippen molar-refractivity contribution in [3.05, 3.63) is 58.9 Å². The number of anilines is 1. The smallest absolute Gasteiger partial charge is 0.255 e. The molecule has 2 aliphatic carbocycles. The zero-order valence-electron chi connectivity index (χ0n) is 17.8. The van der Waals surface area contributed by atoms with Crippen LogP contribution in [0.2, 0.25) is 5.02 Å². The van der Waals surface area contributed by atoms with Crippen LogP contribution in [0.4, 0.5) is 5.69 Å². The van der Waals surface area contributed by atoms with Gasteiger partial charge in [-0.25, -0.2) is 0 Å². The van der Waals surface area contributed by atoms with Crippen LogP contribution in [0.15, 0.2) is 42.7 Å². The van der Waals surface area contributed by atoms with Crippen molar-refractivity contribution < 1.29 is 9.59 Å². The Balaban J connectivity index is 0.00000289. The van der Waals surface area contributed by atoms with Crippen molar-refractivity contribution in [2.45, 2.75) is 50.1 Å². The zero-order valence-corrected chi connectivity index (χ0v) is 19.4. The van der Waals surface area contributed by atoms with E-state index in [9.17, 15) is 9.59 Å². The van der Waals surface area contributed by atoms with Crippen LogP contribution >= 0.6 is 24.0 Å². The van der Waals surface area contributed by atoms with Crippen molar-refractivity contribution in [2.24, 2.45) is 0 Å². The first-order chi connectivity index (χ1) is 14.9. The monoisotopic (exact) mass is 472 g/mol. The van der Waals surface area contributed by atoms with Gasteiger partial charge in [0.15, 0.2) is 0 Å². The Kier molecular flexibility index (Phi) is 7.65. The van der Waals surface area contributed by atoms with Crippen molar-refractivity contribution in [1.29, 1.82) is 0 Å². The SMILES string of the molecule is CC(=O)N[C@@H]1C#CC[C@](CNc2ccncc2C(=O)NC2CC2)(c2cccc(Cl)c2)C1.Cl. The lowest BCUT2D eigenvalue weighted by Crippen LogP contribution is -2.45. The van der Waals surface area contributed by atoms with E-state index in [-0.39, 0.29) is 41.7 Å². The Morgan fingerprint density at radius 3 is 2.78 bits per heavy atom. The van der Waals surface area contributed by atoms with Crippen LogP contribution in [0.3, 0.4) is 0 Å². The molecular formula is C24H26Cl2N4O2. The highest BCUT2D eigenvalue weighted by atomic mass is 35.5. The Morgan fingerprint density at radius 1 is 1.25 bits per heavy atom. The van der Waals surface area contributed by atoms with E-state index in [1.165, 1.54) is 6.92 Å². The molecule has 2 aliphatic rings. The molecule has 1 saturated carbocycles. The van der Waals surface area contributed by atoms with Crippen molar-refractivity contribution in [1.82, 2.24) is 15.6 Å². The molecule has 32 heavy (non-hydrogen) atoms. The first-order valence-electron chi connectivity index (χ1n) is 10.5. The molecule has 1 fully saturated rings. The number of hydrogen-bond acceptors (Lipinski definition) is 4. The van der Waals surface area contributed by atoms with E-state index in [4.69, 9.17) is 11.6 Å². The normalized spacial score (nSPS) is 21.4. The summed E-state index contributed by atoms with van der Waals surface area (Å²) in [4.78, 5) is 28.4. The largest absolute Gasteiger partial charge is 0.383 e. The average Bonchev–Trinajstić information content (AvgIpc) is 3.56. The number of nitrogens with zero attached hydrogens (tertiary/aromatic N) is 1. The predicted molar refractivity (Wildman–Crippen MR) is 128 cm³/mol. The molecule has 1 aromatic carbocycles. The Labute approximate surface area is 199 Å². The highest BCUT2D eigenvalue weighted by Gasteiger charge is 2.37. The molecule has 0 bridgehead atoms. The minimum Gasteiger partial charge on any atom is -0.383 e. The first-order valence-corrected chi connectivity index (χ1v) is 10.8. The fourth-order valence-electron chi connectivity index (χ4n) is 3.95. The maximum absolute atomic E-state index is 12.7. The van der Waals surface area contributed by atoms with E-state index >= 15 is 0 Å². The zero-order chi connectivity index (χ0) is 21.8. The number of halogens is 2. The Bertz CT molecular complexity index is 1060. The second-order valence-electron chi connectivity index (χ2n) is 8.27. The van der Waals surface area contributed by atoms with Gasteiger partial charge in [-0.1, -0.05) is 29.7 Å². The van der Waals surface area contributed by atoms with Gasteiger partial charge in [0.05, 0.1) is 17.3 Å². The molecule has 3 N–H and O–H groups in total. The fourth-order valence-corrected chi connectivity index (χ4v) is 4.14. The van der Waals surface area contributed by atoms with Crippen molar-refractivity contribution in [3.63, 3.8) is 0 Å². The second-order valence-corrected chi connectivity index (χ2v) is 8.70. The van der Waals surface area contributed by atoms with Gasteiger partial charge < -0.3 is 16.0 Å². The van der Waals surface area contributed by atoms with Gasteiger partial charge in [0.25, 0.3) is 5.91 Å². The van der Waals surface area contributed by atoms with Gasteiger partial charge in [-0.05, 0) is 43.0 Å². The third-order valence-corrected chi connectivity index (χ3v) is 5.94. The molecule has 1 heterocycles. The molecule has 1 aromatic heterocycles. The lowest BCUT2D eigenvalue weighted by atomic mass is 9.71. The summed E-state index contributed by atoms with van der Waals surface area (Å²) in [7, 11) is 0. The summed E-state index contributed by atoms with van der Waals surface area (Å²) in [5.41, 5.74) is 1.92. The predicted octanol–water partition coefficient (Wildman–Crippen LogP) is 3.70. The average molecular weight is 473 g/mol.